The number of nitro benzene ring substituents is 1. The standard InChI is InChI=1S/C12H10N2O6/c15-9(16)5-2-6-13-11(17)7-3-1-4-8(14(19)20)10(7)12(13)18/h1,3-4H,2,5-6H2,(H,15,16). The number of nitro groups is 1. The number of carboxylic acid groups (broad SMARTS) is 1. The molecule has 8 heteroatoms. The molecule has 2 rings (SSSR count). The molecule has 0 saturated heterocycles. The van der Waals surface area contributed by atoms with Gasteiger partial charge >= 0.3 is 5.97 Å². The molecule has 0 bridgehead atoms. The van der Waals surface area contributed by atoms with Gasteiger partial charge in [0.15, 0.2) is 0 Å². The topological polar surface area (TPSA) is 118 Å². The Morgan fingerprint density at radius 3 is 2.60 bits per heavy atom. The number of amides is 2. The Morgan fingerprint density at radius 1 is 1.30 bits per heavy atom. The predicted octanol–water partition coefficient (Wildman–Crippen LogP) is 1.06. The van der Waals surface area contributed by atoms with Gasteiger partial charge in [0.2, 0.25) is 0 Å². The Labute approximate surface area is 112 Å². The fourth-order valence-corrected chi connectivity index (χ4v) is 2.06. The molecule has 0 aromatic heterocycles. The first-order chi connectivity index (χ1) is 9.43. The van der Waals surface area contributed by atoms with Crippen LogP contribution in [0.5, 0.6) is 0 Å². The quantitative estimate of drug-likeness (QED) is 0.488. The first-order valence-electron chi connectivity index (χ1n) is 5.79. The molecule has 1 N–H and O–H groups in total. The highest BCUT2D eigenvalue weighted by molar-refractivity contribution is 6.23. The first kappa shape index (κ1) is 13.7. The summed E-state index contributed by atoms with van der Waals surface area (Å²) in [6.07, 6.45) is -0.0793. The number of imide groups is 1. The lowest BCUT2D eigenvalue weighted by Crippen LogP contribution is -2.31. The summed E-state index contributed by atoms with van der Waals surface area (Å²) in [5, 5.41) is 19.4. The molecule has 0 aliphatic carbocycles. The van der Waals surface area contributed by atoms with Crippen LogP contribution >= 0.6 is 0 Å². The highest BCUT2D eigenvalue weighted by atomic mass is 16.6. The second-order valence-electron chi connectivity index (χ2n) is 4.22. The van der Waals surface area contributed by atoms with Gasteiger partial charge in [-0.05, 0) is 12.5 Å². The van der Waals surface area contributed by atoms with Crippen LogP contribution in [-0.2, 0) is 4.79 Å². The molecule has 1 aliphatic heterocycles. The molecule has 0 radical (unpaired) electrons. The number of carbonyl (C=O) groups is 3. The van der Waals surface area contributed by atoms with Crippen molar-refractivity contribution in [3.8, 4) is 0 Å². The van der Waals surface area contributed by atoms with Crippen molar-refractivity contribution in [1.82, 2.24) is 4.90 Å². The number of nitrogens with zero attached hydrogens (tertiary/aromatic N) is 2. The van der Waals surface area contributed by atoms with Gasteiger partial charge in [-0.25, -0.2) is 0 Å². The van der Waals surface area contributed by atoms with Crippen LogP contribution in [0.3, 0.4) is 0 Å². The summed E-state index contributed by atoms with van der Waals surface area (Å²) in [6, 6.07) is 3.84. The van der Waals surface area contributed by atoms with Gasteiger partial charge in [0, 0.05) is 19.0 Å². The Bertz CT molecular complexity index is 624. The fourth-order valence-electron chi connectivity index (χ4n) is 2.06. The zero-order valence-corrected chi connectivity index (χ0v) is 10.2. The van der Waals surface area contributed by atoms with Crippen LogP contribution in [0.4, 0.5) is 5.69 Å². The third-order valence-electron chi connectivity index (χ3n) is 2.95. The molecule has 2 amide bonds. The molecule has 0 atom stereocenters. The Morgan fingerprint density at radius 2 is 2.00 bits per heavy atom. The van der Waals surface area contributed by atoms with E-state index in [9.17, 15) is 24.5 Å². The molecule has 1 aliphatic rings. The van der Waals surface area contributed by atoms with Crippen LogP contribution in [0.25, 0.3) is 0 Å². The van der Waals surface area contributed by atoms with E-state index < -0.39 is 28.4 Å². The van der Waals surface area contributed by atoms with Crippen LogP contribution in [0.15, 0.2) is 18.2 Å². The van der Waals surface area contributed by atoms with E-state index in [0.29, 0.717) is 0 Å². The van der Waals surface area contributed by atoms with E-state index >= 15 is 0 Å². The van der Waals surface area contributed by atoms with Crippen molar-refractivity contribution in [3.63, 3.8) is 0 Å². The highest BCUT2D eigenvalue weighted by Gasteiger charge is 2.40. The average Bonchev–Trinajstić information content (AvgIpc) is 2.63. The molecule has 104 valence electrons. The second kappa shape index (κ2) is 5.08. The fraction of sp³-hybridized carbons (Fsp3) is 0.250. The van der Waals surface area contributed by atoms with Crippen molar-refractivity contribution in [2.45, 2.75) is 12.8 Å². The lowest BCUT2D eigenvalue weighted by molar-refractivity contribution is -0.385. The Kier molecular flexibility index (Phi) is 3.47. The van der Waals surface area contributed by atoms with E-state index in [1.807, 2.05) is 0 Å². The molecule has 1 aromatic rings. The molecule has 0 saturated carbocycles. The highest BCUT2D eigenvalue weighted by Crippen LogP contribution is 2.30. The number of hydrogen-bond acceptors (Lipinski definition) is 5. The Hall–Kier alpha value is -2.77. The van der Waals surface area contributed by atoms with Gasteiger partial charge in [-0.15, -0.1) is 0 Å². The molecule has 8 nitrogen and oxygen atoms in total. The monoisotopic (exact) mass is 278 g/mol. The molecular weight excluding hydrogens is 268 g/mol. The van der Waals surface area contributed by atoms with Crippen LogP contribution in [0.1, 0.15) is 33.6 Å². The molecule has 1 heterocycles. The second-order valence-corrected chi connectivity index (χ2v) is 4.22. The third kappa shape index (κ3) is 2.22. The average molecular weight is 278 g/mol. The largest absolute Gasteiger partial charge is 0.481 e. The maximum atomic E-state index is 12.1. The summed E-state index contributed by atoms with van der Waals surface area (Å²) >= 11 is 0. The number of rotatable bonds is 5. The summed E-state index contributed by atoms with van der Waals surface area (Å²) in [5.41, 5.74) is -0.654. The molecule has 1 aromatic carbocycles. The van der Waals surface area contributed by atoms with E-state index in [2.05, 4.69) is 0 Å². The van der Waals surface area contributed by atoms with Crippen LogP contribution in [0.2, 0.25) is 0 Å². The number of aliphatic carboxylic acids is 1. The van der Waals surface area contributed by atoms with E-state index in [4.69, 9.17) is 5.11 Å². The summed E-state index contributed by atoms with van der Waals surface area (Å²) in [7, 11) is 0. The van der Waals surface area contributed by atoms with Crippen molar-refractivity contribution in [2.24, 2.45) is 0 Å². The minimum absolute atomic E-state index is 0.0143. The number of benzene rings is 1. The van der Waals surface area contributed by atoms with Crippen molar-refractivity contribution < 1.29 is 24.4 Å². The van der Waals surface area contributed by atoms with E-state index in [-0.39, 0.29) is 30.5 Å². The van der Waals surface area contributed by atoms with Gasteiger partial charge in [-0.2, -0.15) is 0 Å². The summed E-state index contributed by atoms with van der Waals surface area (Å²) in [6.45, 7) is -0.0736. The van der Waals surface area contributed by atoms with E-state index in [1.54, 1.807) is 0 Å². The molecular formula is C12H10N2O6. The van der Waals surface area contributed by atoms with Gasteiger partial charge < -0.3 is 5.11 Å². The molecule has 0 unspecified atom stereocenters. The maximum absolute atomic E-state index is 12.1. The lowest BCUT2D eigenvalue weighted by atomic mass is 10.1. The smallest absolute Gasteiger partial charge is 0.303 e. The number of fused-ring (bicyclic) bond motifs is 1. The summed E-state index contributed by atoms with van der Waals surface area (Å²) in [4.78, 5) is 45.5. The van der Waals surface area contributed by atoms with Crippen molar-refractivity contribution in [3.05, 3.63) is 39.4 Å². The number of carboxylic acids is 1. The zero-order valence-electron chi connectivity index (χ0n) is 10.2. The van der Waals surface area contributed by atoms with Crippen LogP contribution < -0.4 is 0 Å². The molecule has 20 heavy (non-hydrogen) atoms. The van der Waals surface area contributed by atoms with Gasteiger partial charge in [0.05, 0.1) is 10.5 Å². The minimum Gasteiger partial charge on any atom is -0.481 e. The summed E-state index contributed by atoms with van der Waals surface area (Å²) in [5.74, 6) is -2.41. The van der Waals surface area contributed by atoms with Gasteiger partial charge in [-0.1, -0.05) is 6.07 Å². The number of hydrogen-bond donors (Lipinski definition) is 1. The van der Waals surface area contributed by atoms with Crippen LogP contribution in [0, 0.1) is 10.1 Å². The minimum atomic E-state index is -1.03. The third-order valence-corrected chi connectivity index (χ3v) is 2.95. The molecule has 0 fully saturated rings. The van der Waals surface area contributed by atoms with Crippen molar-refractivity contribution in [1.29, 1.82) is 0 Å². The van der Waals surface area contributed by atoms with Crippen molar-refractivity contribution >= 4 is 23.5 Å². The van der Waals surface area contributed by atoms with E-state index in [1.165, 1.54) is 12.1 Å². The van der Waals surface area contributed by atoms with Gasteiger partial charge in [-0.3, -0.25) is 29.4 Å². The number of carbonyl (C=O) groups excluding carboxylic acids is 2. The zero-order chi connectivity index (χ0) is 14.9. The maximum Gasteiger partial charge on any atom is 0.303 e. The lowest BCUT2D eigenvalue weighted by Gasteiger charge is -2.12. The normalized spacial score (nSPS) is 13.5. The van der Waals surface area contributed by atoms with Gasteiger partial charge in [0.25, 0.3) is 17.5 Å². The summed E-state index contributed by atoms with van der Waals surface area (Å²) < 4.78 is 0. The van der Waals surface area contributed by atoms with Gasteiger partial charge in [0.1, 0.15) is 5.56 Å². The van der Waals surface area contributed by atoms with Crippen molar-refractivity contribution in [2.75, 3.05) is 6.54 Å². The van der Waals surface area contributed by atoms with E-state index in [0.717, 1.165) is 11.0 Å². The molecule has 0 spiro atoms. The SMILES string of the molecule is O=C(O)CCCN1C(=O)c2cccc([N+](=O)[O-])c2C1=O. The Balaban J connectivity index is 2.28. The predicted molar refractivity (Wildman–Crippen MR) is 65.3 cm³/mol. The van der Waals surface area contributed by atoms with Crippen LogP contribution in [-0.4, -0.2) is 39.3 Å². The first-order valence-corrected chi connectivity index (χ1v) is 5.79.